The van der Waals surface area contributed by atoms with Crippen molar-refractivity contribution in [2.75, 3.05) is 27.3 Å². The van der Waals surface area contributed by atoms with Gasteiger partial charge in [0.2, 0.25) is 5.91 Å². The van der Waals surface area contributed by atoms with Crippen LogP contribution in [-0.2, 0) is 11.3 Å². The molecule has 6 heteroatoms. The molecule has 1 amide bonds. The molecule has 1 aromatic carbocycles. The topological polar surface area (TPSA) is 50.8 Å². The third kappa shape index (κ3) is 3.78. The van der Waals surface area contributed by atoms with Crippen molar-refractivity contribution < 1.29 is 14.3 Å². The van der Waals surface area contributed by atoms with Crippen molar-refractivity contribution in [3.05, 3.63) is 22.7 Å². The molecule has 1 aromatic rings. The van der Waals surface area contributed by atoms with Gasteiger partial charge in [0, 0.05) is 44.2 Å². The zero-order valence-corrected chi connectivity index (χ0v) is 15.2. The maximum absolute atomic E-state index is 11.5. The summed E-state index contributed by atoms with van der Waals surface area (Å²) in [6.45, 7) is 4.22. The summed E-state index contributed by atoms with van der Waals surface area (Å²) < 4.78 is 10.8. The summed E-state index contributed by atoms with van der Waals surface area (Å²) in [5, 5.41) is 3.72. The lowest BCUT2D eigenvalue weighted by atomic mass is 9.98. The normalized spacial score (nSPS) is 24.0. The Kier molecular flexibility index (Phi) is 5.21. The van der Waals surface area contributed by atoms with Crippen LogP contribution in [0, 0.1) is 11.8 Å². The van der Waals surface area contributed by atoms with Crippen LogP contribution < -0.4 is 14.8 Å². The fraction of sp³-hybridized carbons (Fsp3) is 0.611. The van der Waals surface area contributed by atoms with Gasteiger partial charge < -0.3 is 14.8 Å². The predicted octanol–water partition coefficient (Wildman–Crippen LogP) is 2.70. The largest absolute Gasteiger partial charge is 0.496 e. The van der Waals surface area contributed by atoms with Gasteiger partial charge in [-0.3, -0.25) is 9.69 Å². The summed E-state index contributed by atoms with van der Waals surface area (Å²) in [5.41, 5.74) is 1.04. The Hall–Kier alpha value is -1.46. The Bertz CT molecular complexity index is 619. The standard InChI is InChI=1S/C18H25ClN2O3/c1-11(22)20-16-10-21(9-14(16)12-4-5-12)8-13-6-15(19)18(24-3)7-17(13)23-2/h6-7,12,14,16H,4-5,8-10H2,1-3H3,(H,20,22). The number of ether oxygens (including phenoxy) is 2. The smallest absolute Gasteiger partial charge is 0.217 e. The van der Waals surface area contributed by atoms with Gasteiger partial charge in [0.15, 0.2) is 0 Å². The average Bonchev–Trinajstić information content (AvgIpc) is 3.30. The fourth-order valence-electron chi connectivity index (χ4n) is 3.75. The van der Waals surface area contributed by atoms with Crippen LogP contribution in [0.25, 0.3) is 0 Å². The van der Waals surface area contributed by atoms with Crippen LogP contribution in [-0.4, -0.2) is 44.2 Å². The molecule has 2 unspecified atom stereocenters. The van der Waals surface area contributed by atoms with Crippen LogP contribution in [0.5, 0.6) is 11.5 Å². The van der Waals surface area contributed by atoms with Gasteiger partial charge in [-0.2, -0.15) is 0 Å². The minimum atomic E-state index is 0.0533. The van der Waals surface area contributed by atoms with E-state index in [0.717, 1.165) is 36.9 Å². The SMILES string of the molecule is COc1cc(OC)c(CN2CC(NC(C)=O)C(C3CC3)C2)cc1Cl. The number of methoxy groups -OCH3 is 2. The lowest BCUT2D eigenvalue weighted by molar-refractivity contribution is -0.119. The number of carbonyl (C=O) groups is 1. The van der Waals surface area contributed by atoms with Gasteiger partial charge in [-0.15, -0.1) is 0 Å². The Labute approximate surface area is 148 Å². The lowest BCUT2D eigenvalue weighted by Crippen LogP contribution is -2.39. The molecule has 24 heavy (non-hydrogen) atoms. The van der Waals surface area contributed by atoms with Gasteiger partial charge in [-0.05, 0) is 30.7 Å². The van der Waals surface area contributed by atoms with Crippen molar-refractivity contribution in [3.8, 4) is 11.5 Å². The molecule has 0 radical (unpaired) electrons. The first-order chi connectivity index (χ1) is 11.5. The molecule has 132 valence electrons. The minimum absolute atomic E-state index is 0.0533. The number of nitrogens with one attached hydrogen (secondary N) is 1. The van der Waals surface area contributed by atoms with E-state index in [9.17, 15) is 4.79 Å². The second-order valence-corrected chi connectivity index (χ2v) is 7.21. The highest BCUT2D eigenvalue weighted by molar-refractivity contribution is 6.32. The molecule has 2 aliphatic rings. The quantitative estimate of drug-likeness (QED) is 0.855. The molecular weight excluding hydrogens is 328 g/mol. The number of likely N-dealkylation sites (tertiary alicyclic amines) is 1. The van der Waals surface area contributed by atoms with Crippen LogP contribution in [0.4, 0.5) is 0 Å². The van der Waals surface area contributed by atoms with Crippen molar-refractivity contribution in [1.29, 1.82) is 0 Å². The molecule has 0 aromatic heterocycles. The summed E-state index contributed by atoms with van der Waals surface area (Å²) >= 11 is 6.27. The fourth-order valence-corrected chi connectivity index (χ4v) is 4.01. The highest BCUT2D eigenvalue weighted by Crippen LogP contribution is 2.42. The molecule has 3 rings (SSSR count). The Morgan fingerprint density at radius 1 is 1.25 bits per heavy atom. The second-order valence-electron chi connectivity index (χ2n) is 6.80. The third-order valence-corrected chi connectivity index (χ3v) is 5.30. The molecule has 0 bridgehead atoms. The summed E-state index contributed by atoms with van der Waals surface area (Å²) in [6.07, 6.45) is 2.57. The molecular formula is C18H25ClN2O3. The molecule has 1 aliphatic carbocycles. The zero-order valence-electron chi connectivity index (χ0n) is 14.5. The number of nitrogens with zero attached hydrogens (tertiary/aromatic N) is 1. The van der Waals surface area contributed by atoms with E-state index in [-0.39, 0.29) is 11.9 Å². The molecule has 0 spiro atoms. The summed E-state index contributed by atoms with van der Waals surface area (Å²) in [4.78, 5) is 13.9. The summed E-state index contributed by atoms with van der Waals surface area (Å²) in [7, 11) is 3.25. The van der Waals surface area contributed by atoms with Gasteiger partial charge in [0.25, 0.3) is 0 Å². The summed E-state index contributed by atoms with van der Waals surface area (Å²) in [5.74, 6) is 2.76. The van der Waals surface area contributed by atoms with E-state index < -0.39 is 0 Å². The van der Waals surface area contributed by atoms with Crippen LogP contribution >= 0.6 is 11.6 Å². The van der Waals surface area contributed by atoms with Gasteiger partial charge in [-0.25, -0.2) is 0 Å². The number of rotatable bonds is 6. The van der Waals surface area contributed by atoms with Crippen LogP contribution in [0.1, 0.15) is 25.3 Å². The molecule has 1 N–H and O–H groups in total. The minimum Gasteiger partial charge on any atom is -0.496 e. The molecule has 1 saturated carbocycles. The van der Waals surface area contributed by atoms with Crippen molar-refractivity contribution in [3.63, 3.8) is 0 Å². The highest BCUT2D eigenvalue weighted by Gasteiger charge is 2.42. The van der Waals surface area contributed by atoms with E-state index in [0.29, 0.717) is 16.7 Å². The van der Waals surface area contributed by atoms with E-state index in [1.165, 1.54) is 12.8 Å². The number of benzene rings is 1. The molecule has 2 atom stereocenters. The number of hydrogen-bond donors (Lipinski definition) is 1. The Balaban J connectivity index is 1.74. The number of halogens is 1. The summed E-state index contributed by atoms with van der Waals surface area (Å²) in [6, 6.07) is 3.99. The van der Waals surface area contributed by atoms with E-state index in [1.54, 1.807) is 21.1 Å². The predicted molar refractivity (Wildman–Crippen MR) is 93.7 cm³/mol. The van der Waals surface area contributed by atoms with Gasteiger partial charge in [-0.1, -0.05) is 11.6 Å². The van der Waals surface area contributed by atoms with E-state index in [2.05, 4.69) is 10.2 Å². The maximum atomic E-state index is 11.5. The molecule has 1 saturated heterocycles. The highest BCUT2D eigenvalue weighted by atomic mass is 35.5. The van der Waals surface area contributed by atoms with Crippen LogP contribution in [0.2, 0.25) is 5.02 Å². The first-order valence-corrected chi connectivity index (χ1v) is 8.79. The van der Waals surface area contributed by atoms with Gasteiger partial charge >= 0.3 is 0 Å². The molecule has 5 nitrogen and oxygen atoms in total. The lowest BCUT2D eigenvalue weighted by Gasteiger charge is -2.19. The monoisotopic (exact) mass is 352 g/mol. The Morgan fingerprint density at radius 3 is 2.54 bits per heavy atom. The van der Waals surface area contributed by atoms with Gasteiger partial charge in [0.1, 0.15) is 11.5 Å². The van der Waals surface area contributed by atoms with E-state index in [1.807, 2.05) is 12.1 Å². The number of carbonyl (C=O) groups excluding carboxylic acids is 1. The second kappa shape index (κ2) is 7.19. The van der Waals surface area contributed by atoms with Crippen molar-refractivity contribution in [2.45, 2.75) is 32.4 Å². The van der Waals surface area contributed by atoms with Crippen molar-refractivity contribution in [2.24, 2.45) is 11.8 Å². The van der Waals surface area contributed by atoms with Crippen molar-refractivity contribution in [1.82, 2.24) is 10.2 Å². The molecule has 2 fully saturated rings. The number of hydrogen-bond acceptors (Lipinski definition) is 4. The van der Waals surface area contributed by atoms with Crippen LogP contribution in [0.15, 0.2) is 12.1 Å². The molecule has 1 aliphatic heterocycles. The zero-order chi connectivity index (χ0) is 17.3. The average molecular weight is 353 g/mol. The van der Waals surface area contributed by atoms with Crippen LogP contribution in [0.3, 0.4) is 0 Å². The maximum Gasteiger partial charge on any atom is 0.217 e. The Morgan fingerprint density at radius 2 is 1.96 bits per heavy atom. The first kappa shape index (κ1) is 17.4. The first-order valence-electron chi connectivity index (χ1n) is 8.41. The number of amides is 1. The van der Waals surface area contributed by atoms with Gasteiger partial charge in [0.05, 0.1) is 19.2 Å². The molecule has 1 heterocycles. The van der Waals surface area contributed by atoms with E-state index >= 15 is 0 Å². The van der Waals surface area contributed by atoms with Crippen molar-refractivity contribution >= 4 is 17.5 Å². The van der Waals surface area contributed by atoms with E-state index in [4.69, 9.17) is 21.1 Å². The third-order valence-electron chi connectivity index (χ3n) is 5.01.